The van der Waals surface area contributed by atoms with Crippen LogP contribution in [-0.4, -0.2) is 35.9 Å². The quantitative estimate of drug-likeness (QED) is 0.372. The van der Waals surface area contributed by atoms with Crippen molar-refractivity contribution in [2.24, 2.45) is 5.84 Å². The van der Waals surface area contributed by atoms with E-state index in [9.17, 15) is 14.9 Å². The molecule has 1 rings (SSSR count). The van der Waals surface area contributed by atoms with Gasteiger partial charge < -0.3 is 10.7 Å². The van der Waals surface area contributed by atoms with Gasteiger partial charge in [0.2, 0.25) is 5.91 Å². The lowest BCUT2D eigenvalue weighted by Crippen LogP contribution is -2.35. The zero-order valence-electron chi connectivity index (χ0n) is 12.3. The first-order chi connectivity index (χ1) is 9.97. The van der Waals surface area contributed by atoms with Crippen molar-refractivity contribution in [3.8, 4) is 0 Å². The second-order valence-electron chi connectivity index (χ2n) is 4.77. The number of carbonyl (C=O) groups is 1. The third-order valence-corrected chi connectivity index (χ3v) is 2.88. The van der Waals surface area contributed by atoms with Crippen LogP contribution in [0.25, 0.3) is 0 Å². The van der Waals surface area contributed by atoms with E-state index in [0.717, 1.165) is 6.42 Å². The van der Waals surface area contributed by atoms with Crippen LogP contribution in [0.4, 0.5) is 11.4 Å². The summed E-state index contributed by atoms with van der Waals surface area (Å²) in [5.74, 6) is 5.33. The van der Waals surface area contributed by atoms with Crippen molar-refractivity contribution >= 4 is 17.3 Å². The molecule has 0 heterocycles. The SMILES string of the molecule is CCCNC(=O)CN(C)Cc1cc([N+](=O)[O-])ccc1NN. The number of likely N-dealkylation sites (N-methyl/N-ethyl adjacent to an activating group) is 1. The average molecular weight is 295 g/mol. The standard InChI is InChI=1S/C13H21N5O3/c1-3-6-15-13(19)9-17(2)8-10-7-11(18(20)21)4-5-12(10)16-14/h4-5,7,16H,3,6,8-9,14H2,1-2H3,(H,15,19). The largest absolute Gasteiger partial charge is 0.355 e. The second-order valence-corrected chi connectivity index (χ2v) is 4.77. The zero-order chi connectivity index (χ0) is 15.8. The molecule has 0 saturated carbocycles. The summed E-state index contributed by atoms with van der Waals surface area (Å²) in [6.07, 6.45) is 0.877. The highest BCUT2D eigenvalue weighted by atomic mass is 16.6. The van der Waals surface area contributed by atoms with Gasteiger partial charge in [0.25, 0.3) is 5.69 Å². The van der Waals surface area contributed by atoms with Crippen molar-refractivity contribution in [3.05, 3.63) is 33.9 Å². The molecule has 0 aromatic heterocycles. The Morgan fingerprint density at radius 2 is 2.19 bits per heavy atom. The Hall–Kier alpha value is -2.19. The van der Waals surface area contributed by atoms with E-state index in [1.54, 1.807) is 18.0 Å². The van der Waals surface area contributed by atoms with Gasteiger partial charge in [0.15, 0.2) is 0 Å². The number of amides is 1. The van der Waals surface area contributed by atoms with Gasteiger partial charge in [-0.1, -0.05) is 6.92 Å². The van der Waals surface area contributed by atoms with Gasteiger partial charge in [-0.2, -0.15) is 0 Å². The molecule has 0 spiro atoms. The number of nitro benzene ring substituents is 1. The van der Waals surface area contributed by atoms with Crippen molar-refractivity contribution in [2.45, 2.75) is 19.9 Å². The molecule has 0 aliphatic rings. The minimum atomic E-state index is -0.461. The van der Waals surface area contributed by atoms with E-state index in [-0.39, 0.29) is 18.1 Å². The number of non-ortho nitro benzene ring substituents is 1. The highest BCUT2D eigenvalue weighted by molar-refractivity contribution is 5.77. The molecule has 8 heteroatoms. The van der Waals surface area contributed by atoms with E-state index in [4.69, 9.17) is 5.84 Å². The van der Waals surface area contributed by atoms with E-state index >= 15 is 0 Å². The second kappa shape index (κ2) is 8.18. The molecule has 0 bridgehead atoms. The average Bonchev–Trinajstić information content (AvgIpc) is 2.44. The van der Waals surface area contributed by atoms with Gasteiger partial charge in [-0.25, -0.2) is 0 Å². The summed E-state index contributed by atoms with van der Waals surface area (Å²) in [5, 5.41) is 13.6. The normalized spacial score (nSPS) is 10.5. The summed E-state index contributed by atoms with van der Waals surface area (Å²) in [6, 6.07) is 4.39. The smallest absolute Gasteiger partial charge is 0.269 e. The molecule has 0 aliphatic carbocycles. The molecule has 0 aliphatic heterocycles. The number of benzene rings is 1. The Balaban J connectivity index is 2.73. The van der Waals surface area contributed by atoms with Gasteiger partial charge in [-0.15, -0.1) is 0 Å². The number of nitrogens with zero attached hydrogens (tertiary/aromatic N) is 2. The van der Waals surface area contributed by atoms with Crippen molar-refractivity contribution in [3.63, 3.8) is 0 Å². The summed E-state index contributed by atoms with van der Waals surface area (Å²) >= 11 is 0. The molecule has 1 aromatic carbocycles. The predicted octanol–water partition coefficient (Wildman–Crippen LogP) is 0.838. The van der Waals surface area contributed by atoms with Gasteiger partial charge in [0, 0.05) is 25.2 Å². The molecule has 0 saturated heterocycles. The maximum Gasteiger partial charge on any atom is 0.269 e. The maximum atomic E-state index is 11.6. The van der Waals surface area contributed by atoms with Crippen molar-refractivity contribution in [2.75, 3.05) is 25.6 Å². The minimum Gasteiger partial charge on any atom is -0.355 e. The van der Waals surface area contributed by atoms with Crippen molar-refractivity contribution in [1.82, 2.24) is 10.2 Å². The summed E-state index contributed by atoms with van der Waals surface area (Å²) in [4.78, 5) is 23.7. The first-order valence-corrected chi connectivity index (χ1v) is 6.67. The van der Waals surface area contributed by atoms with Crippen LogP contribution >= 0.6 is 0 Å². The number of hydrazine groups is 1. The number of carbonyl (C=O) groups excluding carboxylic acids is 1. The Labute approximate surface area is 123 Å². The summed E-state index contributed by atoms with van der Waals surface area (Å²) in [5.41, 5.74) is 3.76. The van der Waals surface area contributed by atoms with Crippen LogP contribution in [0.3, 0.4) is 0 Å². The molecule has 0 unspecified atom stereocenters. The number of rotatable bonds is 8. The number of nitro groups is 1. The lowest BCUT2D eigenvalue weighted by Gasteiger charge is -2.18. The number of hydrogen-bond donors (Lipinski definition) is 3. The Bertz CT molecular complexity index is 507. The van der Waals surface area contributed by atoms with Crippen molar-refractivity contribution < 1.29 is 9.72 Å². The molecule has 0 radical (unpaired) electrons. The van der Waals surface area contributed by atoms with E-state index in [1.807, 2.05) is 6.92 Å². The van der Waals surface area contributed by atoms with Crippen LogP contribution in [0.5, 0.6) is 0 Å². The molecular formula is C13H21N5O3. The number of nitrogens with one attached hydrogen (secondary N) is 2. The Morgan fingerprint density at radius 1 is 1.48 bits per heavy atom. The Morgan fingerprint density at radius 3 is 2.76 bits per heavy atom. The van der Waals surface area contributed by atoms with E-state index in [2.05, 4.69) is 10.7 Å². The van der Waals surface area contributed by atoms with E-state index in [1.165, 1.54) is 12.1 Å². The van der Waals surface area contributed by atoms with Gasteiger partial charge in [0.1, 0.15) is 0 Å². The summed E-state index contributed by atoms with van der Waals surface area (Å²) in [7, 11) is 1.77. The Kier molecular flexibility index (Phi) is 6.57. The van der Waals surface area contributed by atoms with E-state index in [0.29, 0.717) is 24.3 Å². The number of hydrogen-bond acceptors (Lipinski definition) is 6. The fraction of sp³-hybridized carbons (Fsp3) is 0.462. The molecule has 0 fully saturated rings. The van der Waals surface area contributed by atoms with Gasteiger partial charge >= 0.3 is 0 Å². The third kappa shape index (κ3) is 5.36. The lowest BCUT2D eigenvalue weighted by molar-refractivity contribution is -0.384. The molecule has 116 valence electrons. The molecule has 4 N–H and O–H groups in total. The van der Waals surface area contributed by atoms with Crippen LogP contribution in [0.15, 0.2) is 18.2 Å². The van der Waals surface area contributed by atoms with Crippen LogP contribution in [-0.2, 0) is 11.3 Å². The van der Waals surface area contributed by atoms with Crippen LogP contribution in [0.1, 0.15) is 18.9 Å². The van der Waals surface area contributed by atoms with Crippen molar-refractivity contribution in [1.29, 1.82) is 0 Å². The fourth-order valence-corrected chi connectivity index (χ4v) is 1.88. The number of anilines is 1. The molecule has 1 aromatic rings. The lowest BCUT2D eigenvalue weighted by atomic mass is 10.1. The molecule has 1 amide bonds. The first-order valence-electron chi connectivity index (χ1n) is 6.67. The number of nitrogens with two attached hydrogens (primary N) is 1. The highest BCUT2D eigenvalue weighted by Gasteiger charge is 2.13. The summed E-state index contributed by atoms with van der Waals surface area (Å²) < 4.78 is 0. The minimum absolute atomic E-state index is 0.00663. The molecular weight excluding hydrogens is 274 g/mol. The zero-order valence-corrected chi connectivity index (χ0v) is 12.3. The van der Waals surface area contributed by atoms with Crippen LogP contribution < -0.4 is 16.6 Å². The fourth-order valence-electron chi connectivity index (χ4n) is 1.88. The van der Waals surface area contributed by atoms with Gasteiger partial charge in [0.05, 0.1) is 17.2 Å². The summed E-state index contributed by atoms with van der Waals surface area (Å²) in [6.45, 7) is 3.21. The van der Waals surface area contributed by atoms with Crippen LogP contribution in [0, 0.1) is 10.1 Å². The molecule has 8 nitrogen and oxygen atoms in total. The highest BCUT2D eigenvalue weighted by Crippen LogP contribution is 2.22. The van der Waals surface area contributed by atoms with Gasteiger partial charge in [-0.3, -0.25) is 25.7 Å². The maximum absolute atomic E-state index is 11.6. The predicted molar refractivity (Wildman–Crippen MR) is 80.5 cm³/mol. The van der Waals surface area contributed by atoms with Gasteiger partial charge in [-0.05, 0) is 25.1 Å². The first kappa shape index (κ1) is 16.9. The topological polar surface area (TPSA) is 114 Å². The van der Waals surface area contributed by atoms with E-state index < -0.39 is 4.92 Å². The molecule has 0 atom stereocenters. The third-order valence-electron chi connectivity index (χ3n) is 2.88. The molecule has 21 heavy (non-hydrogen) atoms. The number of nitrogen functional groups attached to an aromatic ring is 1. The monoisotopic (exact) mass is 295 g/mol. The van der Waals surface area contributed by atoms with Crippen LogP contribution in [0.2, 0.25) is 0 Å².